The summed E-state index contributed by atoms with van der Waals surface area (Å²) in [6.07, 6.45) is 4.00. The first kappa shape index (κ1) is 27.6. The van der Waals surface area contributed by atoms with Crippen LogP contribution in [0.3, 0.4) is 0 Å². The van der Waals surface area contributed by atoms with Crippen molar-refractivity contribution in [1.82, 2.24) is 5.32 Å². The van der Waals surface area contributed by atoms with Crippen LogP contribution in [0.1, 0.15) is 79.2 Å². The molecule has 0 bridgehead atoms. The van der Waals surface area contributed by atoms with E-state index in [1.165, 1.54) is 12.0 Å². The molecule has 6 nitrogen and oxygen atoms in total. The molecule has 1 saturated heterocycles. The van der Waals surface area contributed by atoms with Crippen LogP contribution in [0, 0.1) is 5.92 Å². The number of benzene rings is 1. The molecule has 0 amide bonds. The Morgan fingerprint density at radius 2 is 1.76 bits per heavy atom. The Morgan fingerprint density at radius 3 is 2.44 bits per heavy atom. The Hall–Kier alpha value is -1.02. The Kier molecular flexibility index (Phi) is 10.4. The summed E-state index contributed by atoms with van der Waals surface area (Å²) < 4.78 is 25.5. The molecule has 2 N–H and O–H groups in total. The van der Waals surface area contributed by atoms with E-state index in [4.69, 9.17) is 18.9 Å². The highest BCUT2D eigenvalue weighted by Crippen LogP contribution is 2.39. The zero-order chi connectivity index (χ0) is 24.7. The van der Waals surface area contributed by atoms with E-state index in [2.05, 4.69) is 24.4 Å². The van der Waals surface area contributed by atoms with Crippen molar-refractivity contribution < 1.29 is 24.1 Å². The number of ether oxygens (including phenoxy) is 4. The summed E-state index contributed by atoms with van der Waals surface area (Å²) in [7, 11) is 0. The minimum Gasteiger partial charge on any atom is -0.390 e. The fourth-order valence-corrected chi connectivity index (χ4v) is 5.21. The molecule has 0 radical (unpaired) electrons. The third-order valence-electron chi connectivity index (χ3n) is 7.01. The highest BCUT2D eigenvalue weighted by Gasteiger charge is 2.48. The van der Waals surface area contributed by atoms with E-state index in [1.54, 1.807) is 0 Å². The first-order valence-corrected chi connectivity index (χ1v) is 13.3. The highest BCUT2D eigenvalue weighted by atomic mass is 16.8. The van der Waals surface area contributed by atoms with Gasteiger partial charge in [0.25, 0.3) is 0 Å². The number of aliphatic hydroxyl groups is 1. The first-order chi connectivity index (χ1) is 16.2. The molecule has 1 aromatic carbocycles. The second-order valence-electron chi connectivity index (χ2n) is 10.8. The van der Waals surface area contributed by atoms with Gasteiger partial charge in [0.1, 0.15) is 12.2 Å². The second-order valence-corrected chi connectivity index (χ2v) is 10.8. The lowest BCUT2D eigenvalue weighted by Gasteiger charge is -2.36. The summed E-state index contributed by atoms with van der Waals surface area (Å²) in [5.41, 5.74) is 1.19. The van der Waals surface area contributed by atoms with Gasteiger partial charge in [0.05, 0.1) is 37.1 Å². The van der Waals surface area contributed by atoms with Gasteiger partial charge in [-0.05, 0) is 58.4 Å². The molecule has 1 unspecified atom stereocenters. The van der Waals surface area contributed by atoms with Gasteiger partial charge in [-0.3, -0.25) is 0 Å². The van der Waals surface area contributed by atoms with E-state index >= 15 is 0 Å². The summed E-state index contributed by atoms with van der Waals surface area (Å²) in [5, 5.41) is 14.5. The number of aliphatic hydroxyl groups excluding tert-OH is 1. The van der Waals surface area contributed by atoms with E-state index < -0.39 is 11.9 Å². The smallest absolute Gasteiger partial charge is 0.163 e. The molecule has 0 spiro atoms. The van der Waals surface area contributed by atoms with Crippen LogP contribution in [0.2, 0.25) is 0 Å². The number of hydrogen-bond donors (Lipinski definition) is 2. The molecule has 1 saturated carbocycles. The summed E-state index contributed by atoms with van der Waals surface area (Å²) >= 11 is 0. The van der Waals surface area contributed by atoms with Gasteiger partial charge in [0.15, 0.2) is 5.79 Å². The van der Waals surface area contributed by atoms with Crippen molar-refractivity contribution in [3.05, 3.63) is 35.9 Å². The Balaban J connectivity index is 1.75. The van der Waals surface area contributed by atoms with Gasteiger partial charge >= 0.3 is 0 Å². The average Bonchev–Trinajstić information content (AvgIpc) is 3.13. The van der Waals surface area contributed by atoms with Crippen LogP contribution >= 0.6 is 0 Å². The van der Waals surface area contributed by atoms with Crippen molar-refractivity contribution in [2.24, 2.45) is 5.92 Å². The van der Waals surface area contributed by atoms with Crippen LogP contribution in [-0.4, -0.2) is 60.2 Å². The lowest BCUT2D eigenvalue weighted by Crippen LogP contribution is -2.52. The molecule has 1 heterocycles. The van der Waals surface area contributed by atoms with Crippen molar-refractivity contribution >= 4 is 0 Å². The molecule has 1 aliphatic heterocycles. The number of nitrogens with one attached hydrogen (secondary N) is 1. The van der Waals surface area contributed by atoms with E-state index in [-0.39, 0.29) is 36.6 Å². The molecule has 3 rings (SSSR count). The molecular formula is C28H47NO5. The maximum absolute atomic E-state index is 10.8. The molecule has 1 aliphatic carbocycles. The average molecular weight is 478 g/mol. The van der Waals surface area contributed by atoms with Crippen molar-refractivity contribution in [2.45, 2.75) is 129 Å². The maximum atomic E-state index is 10.8. The number of rotatable bonds is 11. The monoisotopic (exact) mass is 477 g/mol. The zero-order valence-electron chi connectivity index (χ0n) is 22.0. The summed E-state index contributed by atoms with van der Waals surface area (Å²) in [6, 6.07) is 10.2. The lowest BCUT2D eigenvalue weighted by atomic mass is 9.86. The molecule has 2 aliphatic rings. The fourth-order valence-electron chi connectivity index (χ4n) is 5.21. The van der Waals surface area contributed by atoms with Crippen LogP contribution in [-0.2, 0) is 25.5 Å². The van der Waals surface area contributed by atoms with E-state index in [9.17, 15) is 5.11 Å². The Bertz CT molecular complexity index is 712. The third kappa shape index (κ3) is 7.74. The Labute approximate surface area is 206 Å². The van der Waals surface area contributed by atoms with Crippen molar-refractivity contribution in [2.75, 3.05) is 6.61 Å². The normalized spacial score (nSPS) is 29.8. The van der Waals surface area contributed by atoms with Crippen LogP contribution in [0.15, 0.2) is 30.3 Å². The highest BCUT2D eigenvalue weighted by molar-refractivity contribution is 5.14. The molecule has 194 valence electrons. The van der Waals surface area contributed by atoms with Gasteiger partial charge in [0.2, 0.25) is 0 Å². The fraction of sp³-hybridized carbons (Fsp3) is 0.786. The topological polar surface area (TPSA) is 69.2 Å². The molecule has 6 heteroatoms. The molecule has 7 atom stereocenters. The predicted octanol–water partition coefficient (Wildman–Crippen LogP) is 4.82. The number of fused-ring (bicyclic) bond motifs is 1. The summed E-state index contributed by atoms with van der Waals surface area (Å²) in [4.78, 5) is 0. The van der Waals surface area contributed by atoms with E-state index in [0.717, 1.165) is 19.3 Å². The summed E-state index contributed by atoms with van der Waals surface area (Å²) in [5.74, 6) is -0.161. The zero-order valence-corrected chi connectivity index (χ0v) is 22.0. The van der Waals surface area contributed by atoms with E-state index in [1.807, 2.05) is 52.8 Å². The largest absolute Gasteiger partial charge is 0.390 e. The number of hydrogen-bond acceptors (Lipinski definition) is 6. The third-order valence-corrected chi connectivity index (χ3v) is 7.01. The Morgan fingerprint density at radius 1 is 1.09 bits per heavy atom. The molecular weight excluding hydrogens is 430 g/mol. The van der Waals surface area contributed by atoms with Crippen LogP contribution in [0.25, 0.3) is 0 Å². The first-order valence-electron chi connectivity index (χ1n) is 13.3. The minimum absolute atomic E-state index is 0.00575. The van der Waals surface area contributed by atoms with Crippen LogP contribution in [0.5, 0.6) is 0 Å². The molecule has 34 heavy (non-hydrogen) atoms. The summed E-state index contributed by atoms with van der Waals surface area (Å²) in [6.45, 7) is 13.4. The van der Waals surface area contributed by atoms with Gasteiger partial charge in [-0.1, -0.05) is 57.0 Å². The lowest BCUT2D eigenvalue weighted by molar-refractivity contribution is -0.164. The van der Waals surface area contributed by atoms with Gasteiger partial charge in [-0.25, -0.2) is 0 Å². The van der Waals surface area contributed by atoms with Crippen molar-refractivity contribution in [1.29, 1.82) is 0 Å². The SMILES string of the molecule is CC[C@@H](O)[C@@H](OC(C)C)[C@H](COC1CCCC[C@H](C)[C@@H]2OC(C)(C)O[C@@H]12)NCc1ccccc1. The van der Waals surface area contributed by atoms with Gasteiger partial charge in [0, 0.05) is 6.54 Å². The minimum atomic E-state index is -0.595. The maximum Gasteiger partial charge on any atom is 0.163 e. The molecule has 2 fully saturated rings. The second kappa shape index (κ2) is 12.8. The van der Waals surface area contributed by atoms with E-state index in [0.29, 0.717) is 25.5 Å². The van der Waals surface area contributed by atoms with Gasteiger partial charge in [-0.2, -0.15) is 0 Å². The van der Waals surface area contributed by atoms with Crippen LogP contribution < -0.4 is 5.32 Å². The van der Waals surface area contributed by atoms with Gasteiger partial charge in [-0.15, -0.1) is 0 Å². The standard InChI is InChI=1S/C28H47NO5/c1-7-23(30)26(32-19(2)3)22(29-17-21-14-9-8-10-15-21)18-31-24-16-12-11-13-20(4)25-27(24)34-28(5,6)33-25/h8-10,14-15,19-20,22-27,29-30H,7,11-13,16-18H2,1-6H3/t20-,22-,23+,24?,25-,26-,27-/m0/s1. The quantitative estimate of drug-likeness (QED) is 0.476. The van der Waals surface area contributed by atoms with Crippen molar-refractivity contribution in [3.63, 3.8) is 0 Å². The van der Waals surface area contributed by atoms with Gasteiger partial charge < -0.3 is 29.4 Å². The van der Waals surface area contributed by atoms with Crippen LogP contribution in [0.4, 0.5) is 0 Å². The predicted molar refractivity (Wildman–Crippen MR) is 135 cm³/mol. The molecule has 0 aromatic heterocycles. The molecule has 1 aromatic rings. The van der Waals surface area contributed by atoms with Crippen molar-refractivity contribution in [3.8, 4) is 0 Å².